The smallest absolute Gasteiger partial charge is 0.160 e. The van der Waals surface area contributed by atoms with Crippen LogP contribution in [0.2, 0.25) is 0 Å². The lowest BCUT2D eigenvalue weighted by Gasteiger charge is -2.17. The summed E-state index contributed by atoms with van der Waals surface area (Å²) < 4.78 is 6.23. The Morgan fingerprint density at radius 3 is 1.43 bits per heavy atom. The van der Waals surface area contributed by atoms with Gasteiger partial charge in [0.25, 0.3) is 0 Å². The minimum absolute atomic E-state index is 0.679. The van der Waals surface area contributed by atoms with Gasteiger partial charge in [0.1, 0.15) is 11.3 Å². The molecule has 0 saturated heterocycles. The largest absolute Gasteiger partial charge is 0.456 e. The van der Waals surface area contributed by atoms with Gasteiger partial charge in [-0.1, -0.05) is 176 Å². The molecule has 13 aromatic rings. The van der Waals surface area contributed by atoms with Gasteiger partial charge in [-0.2, -0.15) is 0 Å². The van der Waals surface area contributed by atoms with Crippen molar-refractivity contribution in [3.8, 4) is 56.4 Å². The van der Waals surface area contributed by atoms with Crippen LogP contribution in [0.5, 0.6) is 0 Å². The summed E-state index contributed by atoms with van der Waals surface area (Å²) in [6, 6.07) is 74.0. The number of hydrogen-bond acceptors (Lipinski definition) is 3. The fourth-order valence-corrected chi connectivity index (χ4v) is 9.68. The summed E-state index contributed by atoms with van der Waals surface area (Å²) in [6.45, 7) is 0. The Balaban J connectivity index is 1.06. The van der Waals surface area contributed by atoms with E-state index in [0.717, 1.165) is 55.9 Å². The first-order valence-electron chi connectivity index (χ1n) is 20.8. The molecule has 0 N–H and O–H groups in total. The maximum Gasteiger partial charge on any atom is 0.160 e. The van der Waals surface area contributed by atoms with Crippen LogP contribution in [0, 0.1) is 0 Å². The SMILES string of the molecule is c1ccc(-c2ccc(-c3nc(-c4ccc(-c5cc6ccccc6o5)cc4)cc(-c4cc5ccc6cccc7c8cccc9ccc%10cccc(c(c4)c5c67)c%10c98)n3)cc2)cc1. The van der Waals surface area contributed by atoms with Crippen molar-refractivity contribution in [2.75, 3.05) is 0 Å². The summed E-state index contributed by atoms with van der Waals surface area (Å²) >= 11 is 0. The van der Waals surface area contributed by atoms with Gasteiger partial charge in [-0.05, 0) is 106 Å². The molecule has 0 radical (unpaired) electrons. The van der Waals surface area contributed by atoms with Gasteiger partial charge < -0.3 is 4.42 Å². The second kappa shape index (κ2) is 13.2. The molecule has 2 heterocycles. The maximum absolute atomic E-state index is 6.23. The van der Waals surface area contributed by atoms with Crippen LogP contribution in [0.3, 0.4) is 0 Å². The van der Waals surface area contributed by atoms with Crippen LogP contribution in [0.15, 0.2) is 211 Å². The number of rotatable bonds is 5. The van der Waals surface area contributed by atoms with E-state index < -0.39 is 0 Å². The number of nitrogens with zero attached hydrogens (tertiary/aromatic N) is 2. The number of para-hydroxylation sites is 1. The summed E-state index contributed by atoms with van der Waals surface area (Å²) in [6.07, 6.45) is 0. The fraction of sp³-hybridized carbons (Fsp3) is 0. The summed E-state index contributed by atoms with van der Waals surface area (Å²) in [5.74, 6) is 1.52. The Hall–Kier alpha value is -8.14. The molecule has 282 valence electrons. The van der Waals surface area contributed by atoms with Crippen molar-refractivity contribution in [2.24, 2.45) is 0 Å². The zero-order valence-corrected chi connectivity index (χ0v) is 32.9. The van der Waals surface area contributed by atoms with E-state index in [1.165, 1.54) is 70.2 Å². The lowest BCUT2D eigenvalue weighted by atomic mass is 9.87. The molecule has 61 heavy (non-hydrogen) atoms. The molecule has 2 aromatic heterocycles. The van der Waals surface area contributed by atoms with Crippen molar-refractivity contribution in [3.05, 3.63) is 206 Å². The summed E-state index contributed by atoms with van der Waals surface area (Å²) in [4.78, 5) is 10.7. The van der Waals surface area contributed by atoms with Gasteiger partial charge >= 0.3 is 0 Å². The highest BCUT2D eigenvalue weighted by Gasteiger charge is 2.18. The third-order valence-corrected chi connectivity index (χ3v) is 12.6. The predicted octanol–water partition coefficient (Wildman–Crippen LogP) is 15.9. The summed E-state index contributed by atoms with van der Waals surface area (Å²) in [5, 5.41) is 16.1. The molecule has 13 rings (SSSR count). The van der Waals surface area contributed by atoms with Crippen LogP contribution in [-0.4, -0.2) is 9.97 Å². The van der Waals surface area contributed by atoms with E-state index in [4.69, 9.17) is 14.4 Å². The molecule has 0 aliphatic carbocycles. The van der Waals surface area contributed by atoms with Gasteiger partial charge in [0, 0.05) is 27.6 Å². The van der Waals surface area contributed by atoms with E-state index >= 15 is 0 Å². The van der Waals surface area contributed by atoms with Crippen LogP contribution in [0.4, 0.5) is 0 Å². The average Bonchev–Trinajstić information content (AvgIpc) is 3.77. The van der Waals surface area contributed by atoms with Crippen molar-refractivity contribution in [3.63, 3.8) is 0 Å². The molecule has 11 aromatic carbocycles. The van der Waals surface area contributed by atoms with Crippen molar-refractivity contribution in [2.45, 2.75) is 0 Å². The number of fused-ring (bicyclic) bond motifs is 3. The van der Waals surface area contributed by atoms with Crippen molar-refractivity contribution >= 4 is 75.6 Å². The van der Waals surface area contributed by atoms with E-state index in [1.807, 2.05) is 24.3 Å². The molecule has 0 aliphatic rings. The Labute approximate surface area is 351 Å². The Morgan fingerprint density at radius 2 is 0.770 bits per heavy atom. The lowest BCUT2D eigenvalue weighted by molar-refractivity contribution is 0.631. The molecule has 0 aliphatic heterocycles. The topological polar surface area (TPSA) is 38.9 Å². The number of furan rings is 1. The van der Waals surface area contributed by atoms with Gasteiger partial charge in [0.15, 0.2) is 5.82 Å². The lowest BCUT2D eigenvalue weighted by Crippen LogP contribution is -1.96. The molecule has 0 saturated carbocycles. The number of aromatic nitrogens is 2. The van der Waals surface area contributed by atoms with E-state index in [-0.39, 0.29) is 0 Å². The molecular weight excluding hydrogens is 741 g/mol. The van der Waals surface area contributed by atoms with Gasteiger partial charge in [-0.25, -0.2) is 9.97 Å². The highest BCUT2D eigenvalue weighted by Crippen LogP contribution is 2.45. The minimum atomic E-state index is 0.679. The quantitative estimate of drug-likeness (QED) is 0.164. The molecule has 3 heteroatoms. The van der Waals surface area contributed by atoms with Crippen molar-refractivity contribution in [1.29, 1.82) is 0 Å². The van der Waals surface area contributed by atoms with Gasteiger partial charge in [-0.3, -0.25) is 0 Å². The second-order valence-corrected chi connectivity index (χ2v) is 16.1. The Kier molecular flexibility index (Phi) is 7.31. The van der Waals surface area contributed by atoms with E-state index in [2.05, 4.69) is 182 Å². The molecule has 3 nitrogen and oxygen atoms in total. The maximum atomic E-state index is 6.23. The van der Waals surface area contributed by atoms with Gasteiger partial charge in [0.2, 0.25) is 0 Å². The standard InChI is InChI=1S/C58H34N2O/c1-2-9-35(10-3-1)36-19-28-42(29-20-36)58-59-50(37-21-23-38(24-22-37)53-33-43-11-4-5-18-52(43)61-53)34-51(60-58)45-31-44-30-27-41-13-7-16-47-46-15-6-12-39-25-26-40-14-8-17-48(56(40)54(39)46)49(32-45)57(44)55(41)47/h1-34H. The number of benzene rings is 10. The second-order valence-electron chi connectivity index (χ2n) is 16.1. The van der Waals surface area contributed by atoms with E-state index in [1.54, 1.807) is 0 Å². The first kappa shape index (κ1) is 33.8. The fourth-order valence-electron chi connectivity index (χ4n) is 9.68. The highest BCUT2D eigenvalue weighted by atomic mass is 16.3. The molecule has 0 unspecified atom stereocenters. The highest BCUT2D eigenvalue weighted by molar-refractivity contribution is 6.37. The molecule has 0 atom stereocenters. The molecular formula is C58H34N2O. The monoisotopic (exact) mass is 774 g/mol. The third-order valence-electron chi connectivity index (χ3n) is 12.6. The van der Waals surface area contributed by atoms with Crippen LogP contribution < -0.4 is 0 Å². The van der Waals surface area contributed by atoms with E-state index in [0.29, 0.717) is 5.82 Å². The molecule has 0 amide bonds. The van der Waals surface area contributed by atoms with E-state index in [9.17, 15) is 0 Å². The molecule has 0 fully saturated rings. The first-order chi connectivity index (χ1) is 30.2. The first-order valence-corrected chi connectivity index (χ1v) is 20.8. The van der Waals surface area contributed by atoms with Crippen molar-refractivity contribution in [1.82, 2.24) is 9.97 Å². The molecule has 0 spiro atoms. The zero-order chi connectivity index (χ0) is 40.0. The molecule has 0 bridgehead atoms. The number of hydrogen-bond donors (Lipinski definition) is 0. The van der Waals surface area contributed by atoms with Crippen LogP contribution in [0.1, 0.15) is 0 Å². The van der Waals surface area contributed by atoms with Crippen LogP contribution in [0.25, 0.3) is 132 Å². The van der Waals surface area contributed by atoms with Crippen LogP contribution in [-0.2, 0) is 0 Å². The third kappa shape index (κ3) is 5.38. The van der Waals surface area contributed by atoms with Gasteiger partial charge in [-0.15, -0.1) is 0 Å². The summed E-state index contributed by atoms with van der Waals surface area (Å²) in [5.41, 5.74) is 8.96. The average molecular weight is 775 g/mol. The Bertz CT molecular complexity index is 3810. The van der Waals surface area contributed by atoms with Crippen molar-refractivity contribution < 1.29 is 4.42 Å². The predicted molar refractivity (Wildman–Crippen MR) is 255 cm³/mol. The Morgan fingerprint density at radius 1 is 0.279 bits per heavy atom. The zero-order valence-electron chi connectivity index (χ0n) is 32.9. The normalized spacial score (nSPS) is 11.9. The summed E-state index contributed by atoms with van der Waals surface area (Å²) in [7, 11) is 0. The minimum Gasteiger partial charge on any atom is -0.456 e. The van der Waals surface area contributed by atoms with Crippen LogP contribution >= 0.6 is 0 Å². The van der Waals surface area contributed by atoms with Gasteiger partial charge in [0.05, 0.1) is 11.4 Å².